The van der Waals surface area contributed by atoms with E-state index in [0.717, 1.165) is 25.0 Å². The maximum atomic E-state index is 11.9. The van der Waals surface area contributed by atoms with Gasteiger partial charge in [-0.3, -0.25) is 10.1 Å². The molecule has 0 aliphatic rings. The van der Waals surface area contributed by atoms with Gasteiger partial charge in [-0.15, -0.1) is 0 Å². The van der Waals surface area contributed by atoms with Gasteiger partial charge in [0, 0.05) is 24.7 Å². The van der Waals surface area contributed by atoms with Crippen molar-refractivity contribution in [1.29, 1.82) is 0 Å². The highest BCUT2D eigenvalue weighted by Gasteiger charge is 2.16. The summed E-state index contributed by atoms with van der Waals surface area (Å²) >= 11 is 0. The lowest BCUT2D eigenvalue weighted by atomic mass is 10.2. The monoisotopic (exact) mass is 287 g/mol. The third kappa shape index (κ3) is 4.58. The van der Waals surface area contributed by atoms with Gasteiger partial charge in [-0.05, 0) is 18.6 Å². The van der Waals surface area contributed by atoms with E-state index in [9.17, 15) is 18.5 Å². The molecular weight excluding hydrogens is 270 g/mol. The number of hydrogen-bond donors (Lipinski definition) is 2. The highest BCUT2D eigenvalue weighted by Crippen LogP contribution is 2.15. The molecule has 0 spiro atoms. The summed E-state index contributed by atoms with van der Waals surface area (Å²) in [5.41, 5.74) is 5.57. The fourth-order valence-electron chi connectivity index (χ4n) is 1.52. The van der Waals surface area contributed by atoms with Crippen molar-refractivity contribution in [3.63, 3.8) is 0 Å². The number of hydrogen-bond acceptors (Lipinski definition) is 5. The molecule has 8 heteroatoms. The predicted octanol–water partition coefficient (Wildman–Crippen LogP) is 1.00. The first-order chi connectivity index (χ1) is 8.86. The molecule has 7 nitrogen and oxygen atoms in total. The molecule has 0 aliphatic heterocycles. The standard InChI is InChI=1S/C11H17N3O4S/c1-2-3-9(12)8-13-19(17,18)11-6-4-10(5-7-11)14(15)16/h4-7,9,13H,2-3,8,12H2,1H3/t9-/m1/s1. The molecule has 0 heterocycles. The molecule has 0 saturated heterocycles. The van der Waals surface area contributed by atoms with Crippen LogP contribution in [-0.4, -0.2) is 25.9 Å². The Morgan fingerprint density at radius 2 is 1.95 bits per heavy atom. The SMILES string of the molecule is CCC[C@@H](N)CNS(=O)(=O)c1ccc([N+](=O)[O-])cc1. The average Bonchev–Trinajstić information content (AvgIpc) is 2.37. The number of benzene rings is 1. The van der Waals surface area contributed by atoms with E-state index in [1.165, 1.54) is 12.1 Å². The molecule has 0 unspecified atom stereocenters. The van der Waals surface area contributed by atoms with E-state index in [4.69, 9.17) is 5.73 Å². The van der Waals surface area contributed by atoms with Gasteiger partial charge in [0.05, 0.1) is 9.82 Å². The molecule has 0 aromatic heterocycles. The van der Waals surface area contributed by atoms with Crippen LogP contribution < -0.4 is 10.5 Å². The Bertz CT molecular complexity index is 527. The van der Waals surface area contributed by atoms with Crippen molar-refractivity contribution in [2.45, 2.75) is 30.7 Å². The first kappa shape index (κ1) is 15.5. The summed E-state index contributed by atoms with van der Waals surface area (Å²) in [6, 6.07) is 4.47. The minimum absolute atomic E-state index is 0.0122. The third-order valence-electron chi connectivity index (χ3n) is 2.55. The molecule has 19 heavy (non-hydrogen) atoms. The smallest absolute Gasteiger partial charge is 0.269 e. The minimum Gasteiger partial charge on any atom is -0.327 e. The first-order valence-electron chi connectivity index (χ1n) is 5.86. The van der Waals surface area contributed by atoms with Gasteiger partial charge in [0.2, 0.25) is 10.0 Å². The van der Waals surface area contributed by atoms with Crippen LogP contribution >= 0.6 is 0 Å². The summed E-state index contributed by atoms with van der Waals surface area (Å²) in [5.74, 6) is 0. The molecule has 0 bridgehead atoms. The van der Waals surface area contributed by atoms with E-state index in [1.807, 2.05) is 6.92 Å². The summed E-state index contributed by atoms with van der Waals surface area (Å²) in [6.07, 6.45) is 1.60. The zero-order chi connectivity index (χ0) is 14.5. The number of rotatable bonds is 7. The molecule has 0 fully saturated rings. The van der Waals surface area contributed by atoms with Gasteiger partial charge in [-0.25, -0.2) is 13.1 Å². The van der Waals surface area contributed by atoms with Gasteiger partial charge in [-0.1, -0.05) is 13.3 Å². The molecular formula is C11H17N3O4S. The second kappa shape index (κ2) is 6.60. The maximum absolute atomic E-state index is 11.9. The number of nitrogens with two attached hydrogens (primary N) is 1. The Balaban J connectivity index is 2.74. The minimum atomic E-state index is -3.67. The van der Waals surface area contributed by atoms with Crippen molar-refractivity contribution in [2.24, 2.45) is 5.73 Å². The van der Waals surface area contributed by atoms with Crippen LogP contribution in [0.25, 0.3) is 0 Å². The molecule has 1 aromatic rings. The van der Waals surface area contributed by atoms with Crippen molar-refractivity contribution in [3.05, 3.63) is 34.4 Å². The number of sulfonamides is 1. The number of nitro groups is 1. The normalized spacial score (nSPS) is 13.2. The Morgan fingerprint density at radius 1 is 1.37 bits per heavy atom. The van der Waals surface area contributed by atoms with Gasteiger partial charge in [0.1, 0.15) is 0 Å². The van der Waals surface area contributed by atoms with Crippen LogP contribution in [0, 0.1) is 10.1 Å². The largest absolute Gasteiger partial charge is 0.327 e. The highest BCUT2D eigenvalue weighted by atomic mass is 32.2. The third-order valence-corrected chi connectivity index (χ3v) is 3.99. The van der Waals surface area contributed by atoms with Crippen molar-refractivity contribution in [2.75, 3.05) is 6.54 Å². The van der Waals surface area contributed by atoms with Gasteiger partial charge >= 0.3 is 0 Å². The molecule has 0 saturated carbocycles. The van der Waals surface area contributed by atoms with E-state index in [0.29, 0.717) is 0 Å². The topological polar surface area (TPSA) is 115 Å². The van der Waals surface area contributed by atoms with E-state index < -0.39 is 14.9 Å². The van der Waals surface area contributed by atoms with Crippen LogP contribution in [0.2, 0.25) is 0 Å². The summed E-state index contributed by atoms with van der Waals surface area (Å²) in [7, 11) is -3.67. The van der Waals surface area contributed by atoms with E-state index >= 15 is 0 Å². The lowest BCUT2D eigenvalue weighted by Crippen LogP contribution is -2.37. The number of non-ortho nitro benzene ring substituents is 1. The van der Waals surface area contributed by atoms with E-state index in [1.54, 1.807) is 0 Å². The summed E-state index contributed by atoms with van der Waals surface area (Å²) < 4.78 is 26.2. The maximum Gasteiger partial charge on any atom is 0.269 e. The Kier molecular flexibility index (Phi) is 5.40. The summed E-state index contributed by atoms with van der Waals surface area (Å²) in [6.45, 7) is 2.11. The zero-order valence-electron chi connectivity index (χ0n) is 10.6. The quantitative estimate of drug-likeness (QED) is 0.573. The van der Waals surface area contributed by atoms with Crippen LogP contribution in [0.5, 0.6) is 0 Å². The average molecular weight is 287 g/mol. The Hall–Kier alpha value is -1.51. The van der Waals surface area contributed by atoms with Crippen LogP contribution in [0.15, 0.2) is 29.2 Å². The van der Waals surface area contributed by atoms with Crippen molar-refractivity contribution in [1.82, 2.24) is 4.72 Å². The zero-order valence-corrected chi connectivity index (χ0v) is 11.4. The molecule has 1 rings (SSSR count). The van der Waals surface area contributed by atoms with Crippen LogP contribution in [0.3, 0.4) is 0 Å². The lowest BCUT2D eigenvalue weighted by molar-refractivity contribution is -0.384. The second-order valence-electron chi connectivity index (χ2n) is 4.15. The summed E-state index contributed by atoms with van der Waals surface area (Å²) in [5, 5.41) is 10.5. The van der Waals surface area contributed by atoms with E-state index in [2.05, 4.69) is 4.72 Å². The van der Waals surface area contributed by atoms with Gasteiger partial charge in [0.15, 0.2) is 0 Å². The fraction of sp³-hybridized carbons (Fsp3) is 0.455. The van der Waals surface area contributed by atoms with E-state index in [-0.39, 0.29) is 23.2 Å². The van der Waals surface area contributed by atoms with Crippen LogP contribution in [0.1, 0.15) is 19.8 Å². The molecule has 1 atom stereocenters. The summed E-state index contributed by atoms with van der Waals surface area (Å²) in [4.78, 5) is 9.88. The predicted molar refractivity (Wildman–Crippen MR) is 71.2 cm³/mol. The van der Waals surface area contributed by atoms with Crippen LogP contribution in [-0.2, 0) is 10.0 Å². The second-order valence-corrected chi connectivity index (χ2v) is 5.92. The number of nitro benzene ring substituents is 1. The molecule has 0 radical (unpaired) electrons. The molecule has 0 aliphatic carbocycles. The van der Waals surface area contributed by atoms with Crippen LogP contribution in [0.4, 0.5) is 5.69 Å². The molecule has 1 aromatic carbocycles. The van der Waals surface area contributed by atoms with Gasteiger partial charge in [-0.2, -0.15) is 0 Å². The molecule has 3 N–H and O–H groups in total. The lowest BCUT2D eigenvalue weighted by Gasteiger charge is -2.11. The van der Waals surface area contributed by atoms with Crippen molar-refractivity contribution in [3.8, 4) is 0 Å². The first-order valence-corrected chi connectivity index (χ1v) is 7.35. The number of nitrogens with one attached hydrogen (secondary N) is 1. The molecule has 106 valence electrons. The fourth-order valence-corrected chi connectivity index (χ4v) is 2.61. The van der Waals surface area contributed by atoms with Crippen molar-refractivity contribution >= 4 is 15.7 Å². The van der Waals surface area contributed by atoms with Crippen molar-refractivity contribution < 1.29 is 13.3 Å². The Labute approximate surface area is 112 Å². The highest BCUT2D eigenvalue weighted by molar-refractivity contribution is 7.89. The van der Waals surface area contributed by atoms with Gasteiger partial charge in [0.25, 0.3) is 5.69 Å². The number of nitrogens with zero attached hydrogens (tertiary/aromatic N) is 1. The Morgan fingerprint density at radius 3 is 2.42 bits per heavy atom. The van der Waals surface area contributed by atoms with Gasteiger partial charge < -0.3 is 5.73 Å². The molecule has 0 amide bonds.